The van der Waals surface area contributed by atoms with E-state index in [9.17, 15) is 9.59 Å². The molecule has 0 aliphatic heterocycles. The number of rotatable bonds is 9. The Balaban J connectivity index is 4.00. The molecular weight excluding hydrogens is 234 g/mol. The fraction of sp³-hybridized carbons (Fsp3) is 0.846. The lowest BCUT2D eigenvalue weighted by molar-refractivity contribution is -0.143. The minimum Gasteiger partial charge on any atom is -0.480 e. The Morgan fingerprint density at radius 2 is 1.89 bits per heavy atom. The van der Waals surface area contributed by atoms with Crippen molar-refractivity contribution in [3.05, 3.63) is 0 Å². The van der Waals surface area contributed by atoms with Crippen LogP contribution in [0.25, 0.3) is 0 Å². The van der Waals surface area contributed by atoms with Gasteiger partial charge in [-0.05, 0) is 26.2 Å². The van der Waals surface area contributed by atoms with Crippen molar-refractivity contribution in [1.82, 2.24) is 5.32 Å². The summed E-state index contributed by atoms with van der Waals surface area (Å²) in [6.07, 6.45) is 1.78. The van der Waals surface area contributed by atoms with Crippen LogP contribution in [-0.4, -0.2) is 35.7 Å². The molecule has 0 bridgehead atoms. The van der Waals surface area contributed by atoms with Gasteiger partial charge in [-0.3, -0.25) is 4.79 Å². The smallest absolute Gasteiger partial charge is 0.326 e. The zero-order valence-corrected chi connectivity index (χ0v) is 11.7. The molecule has 5 heteroatoms. The predicted molar refractivity (Wildman–Crippen MR) is 69.3 cm³/mol. The molecule has 0 aromatic carbocycles. The van der Waals surface area contributed by atoms with Crippen LogP contribution in [0.1, 0.15) is 47.0 Å². The second kappa shape index (κ2) is 8.91. The summed E-state index contributed by atoms with van der Waals surface area (Å²) in [4.78, 5) is 22.6. The molecule has 0 aliphatic carbocycles. The summed E-state index contributed by atoms with van der Waals surface area (Å²) in [5.74, 6) is -1.27. The summed E-state index contributed by atoms with van der Waals surface area (Å²) in [5, 5.41) is 11.6. The molecule has 0 spiro atoms. The lowest BCUT2D eigenvalue weighted by atomic mass is 9.99. The van der Waals surface area contributed by atoms with Gasteiger partial charge in [0.15, 0.2) is 0 Å². The Morgan fingerprint density at radius 1 is 1.28 bits per heavy atom. The third-order valence-electron chi connectivity index (χ3n) is 2.79. The zero-order valence-electron chi connectivity index (χ0n) is 11.7. The van der Waals surface area contributed by atoms with Gasteiger partial charge in [0.25, 0.3) is 0 Å². The van der Waals surface area contributed by atoms with Gasteiger partial charge in [0.2, 0.25) is 5.91 Å². The van der Waals surface area contributed by atoms with Crippen LogP contribution in [0.5, 0.6) is 0 Å². The normalized spacial score (nSPS) is 14.3. The molecule has 0 radical (unpaired) electrons. The minimum atomic E-state index is -0.976. The van der Waals surface area contributed by atoms with Crippen LogP contribution in [0, 0.1) is 5.92 Å². The minimum absolute atomic E-state index is 0.0710. The van der Waals surface area contributed by atoms with E-state index >= 15 is 0 Å². The van der Waals surface area contributed by atoms with E-state index in [0.717, 1.165) is 0 Å². The number of amides is 1. The van der Waals surface area contributed by atoms with Gasteiger partial charge >= 0.3 is 5.97 Å². The molecule has 0 fully saturated rings. The first-order valence-corrected chi connectivity index (χ1v) is 6.52. The number of hydrogen-bond donors (Lipinski definition) is 2. The van der Waals surface area contributed by atoms with E-state index in [2.05, 4.69) is 5.32 Å². The van der Waals surface area contributed by atoms with Crippen molar-refractivity contribution in [1.29, 1.82) is 0 Å². The van der Waals surface area contributed by atoms with Crippen LogP contribution in [0.4, 0.5) is 0 Å². The summed E-state index contributed by atoms with van der Waals surface area (Å²) in [6, 6.07) is -0.798. The van der Waals surface area contributed by atoms with E-state index in [1.165, 1.54) is 0 Å². The van der Waals surface area contributed by atoms with E-state index in [-0.39, 0.29) is 17.9 Å². The number of carboxylic acid groups (broad SMARTS) is 1. The van der Waals surface area contributed by atoms with Gasteiger partial charge in [-0.25, -0.2) is 4.79 Å². The Bertz CT molecular complexity index is 266. The molecule has 5 nitrogen and oxygen atoms in total. The summed E-state index contributed by atoms with van der Waals surface area (Å²) in [5.41, 5.74) is 0. The maximum absolute atomic E-state index is 11.6. The van der Waals surface area contributed by atoms with Crippen molar-refractivity contribution >= 4 is 11.9 Å². The van der Waals surface area contributed by atoms with E-state index in [1.807, 2.05) is 27.7 Å². The fourth-order valence-electron chi connectivity index (χ4n) is 1.48. The van der Waals surface area contributed by atoms with Crippen LogP contribution < -0.4 is 5.32 Å². The van der Waals surface area contributed by atoms with Crippen molar-refractivity contribution in [3.63, 3.8) is 0 Å². The van der Waals surface area contributed by atoms with E-state index < -0.39 is 12.0 Å². The molecule has 0 rings (SSSR count). The van der Waals surface area contributed by atoms with Gasteiger partial charge in [-0.1, -0.05) is 20.3 Å². The van der Waals surface area contributed by atoms with Crippen LogP contribution in [-0.2, 0) is 14.3 Å². The number of carbonyl (C=O) groups is 2. The fourth-order valence-corrected chi connectivity index (χ4v) is 1.48. The van der Waals surface area contributed by atoms with E-state index in [4.69, 9.17) is 9.84 Å². The zero-order chi connectivity index (χ0) is 14.1. The Kier molecular flexibility index (Phi) is 8.37. The molecule has 0 heterocycles. The van der Waals surface area contributed by atoms with Crippen molar-refractivity contribution in [2.45, 2.75) is 59.1 Å². The highest BCUT2D eigenvalue weighted by atomic mass is 16.5. The van der Waals surface area contributed by atoms with Gasteiger partial charge in [-0.2, -0.15) is 0 Å². The number of aliphatic carboxylic acids is 1. The lowest BCUT2D eigenvalue weighted by Crippen LogP contribution is -2.45. The van der Waals surface area contributed by atoms with Crippen molar-refractivity contribution < 1.29 is 19.4 Å². The number of ether oxygens (including phenoxy) is 1. The standard InChI is InChI=1S/C13H25NO4/c1-5-10(4)12(13(16)17)14-11(15)7-6-8-18-9(2)3/h9-10,12H,5-8H2,1-4H3,(H,14,15)(H,16,17)/t10-,12-/m0/s1. The molecule has 0 saturated heterocycles. The van der Waals surface area contributed by atoms with Crippen LogP contribution in [0.15, 0.2) is 0 Å². The van der Waals surface area contributed by atoms with Gasteiger partial charge in [0.1, 0.15) is 6.04 Å². The monoisotopic (exact) mass is 259 g/mol. The van der Waals surface area contributed by atoms with Crippen LogP contribution in [0.3, 0.4) is 0 Å². The Hall–Kier alpha value is -1.10. The molecule has 1 amide bonds. The molecule has 0 aromatic rings. The third kappa shape index (κ3) is 7.27. The third-order valence-corrected chi connectivity index (χ3v) is 2.79. The number of carboxylic acids is 1. The quantitative estimate of drug-likeness (QED) is 0.619. The number of carbonyl (C=O) groups excluding carboxylic acids is 1. The second-order valence-electron chi connectivity index (χ2n) is 4.79. The number of nitrogens with one attached hydrogen (secondary N) is 1. The molecule has 0 aromatic heterocycles. The SMILES string of the molecule is CC[C@H](C)[C@H](NC(=O)CCCOC(C)C)C(=O)O. The molecule has 106 valence electrons. The van der Waals surface area contributed by atoms with Crippen molar-refractivity contribution in [2.24, 2.45) is 5.92 Å². The van der Waals surface area contributed by atoms with Crippen molar-refractivity contribution in [3.8, 4) is 0 Å². The molecule has 0 saturated carbocycles. The molecular formula is C13H25NO4. The summed E-state index contributed by atoms with van der Waals surface area (Å²) < 4.78 is 5.32. The highest BCUT2D eigenvalue weighted by Crippen LogP contribution is 2.08. The maximum atomic E-state index is 11.6. The highest BCUT2D eigenvalue weighted by molar-refractivity contribution is 5.83. The summed E-state index contributed by atoms with van der Waals surface area (Å²) in [7, 11) is 0. The van der Waals surface area contributed by atoms with E-state index in [0.29, 0.717) is 25.9 Å². The molecule has 2 N–H and O–H groups in total. The predicted octanol–water partition coefficient (Wildman–Crippen LogP) is 1.81. The van der Waals surface area contributed by atoms with Gasteiger partial charge in [0, 0.05) is 13.0 Å². The average Bonchev–Trinajstić information content (AvgIpc) is 2.30. The van der Waals surface area contributed by atoms with E-state index in [1.54, 1.807) is 0 Å². The van der Waals surface area contributed by atoms with Gasteiger partial charge < -0.3 is 15.2 Å². The molecule has 18 heavy (non-hydrogen) atoms. The maximum Gasteiger partial charge on any atom is 0.326 e. The first kappa shape index (κ1) is 16.9. The van der Waals surface area contributed by atoms with Crippen molar-refractivity contribution in [2.75, 3.05) is 6.61 Å². The number of hydrogen-bond acceptors (Lipinski definition) is 3. The van der Waals surface area contributed by atoms with Gasteiger partial charge in [-0.15, -0.1) is 0 Å². The topological polar surface area (TPSA) is 75.6 Å². The van der Waals surface area contributed by atoms with Crippen LogP contribution >= 0.6 is 0 Å². The molecule has 0 aliphatic rings. The van der Waals surface area contributed by atoms with Crippen LogP contribution in [0.2, 0.25) is 0 Å². The summed E-state index contributed by atoms with van der Waals surface area (Å²) >= 11 is 0. The highest BCUT2D eigenvalue weighted by Gasteiger charge is 2.24. The molecule has 0 unspecified atom stereocenters. The lowest BCUT2D eigenvalue weighted by Gasteiger charge is -2.20. The summed E-state index contributed by atoms with van der Waals surface area (Å²) in [6.45, 7) is 8.11. The first-order valence-electron chi connectivity index (χ1n) is 6.52. The second-order valence-corrected chi connectivity index (χ2v) is 4.79. The average molecular weight is 259 g/mol. The Morgan fingerprint density at radius 3 is 2.33 bits per heavy atom. The first-order chi connectivity index (χ1) is 8.38. The Labute approximate surface area is 109 Å². The molecule has 2 atom stereocenters. The largest absolute Gasteiger partial charge is 0.480 e. The van der Waals surface area contributed by atoms with Gasteiger partial charge in [0.05, 0.1) is 6.10 Å².